The Bertz CT molecular complexity index is 843. The molecule has 0 aliphatic rings. The topological polar surface area (TPSA) is 81.1 Å². The predicted molar refractivity (Wildman–Crippen MR) is 99.9 cm³/mol. The van der Waals surface area contributed by atoms with Crippen LogP contribution in [0, 0.1) is 5.92 Å². The van der Waals surface area contributed by atoms with Gasteiger partial charge in [-0.15, -0.1) is 0 Å². The summed E-state index contributed by atoms with van der Waals surface area (Å²) < 4.78 is 25.4. The molecule has 0 fully saturated rings. The zero-order valence-electron chi connectivity index (χ0n) is 13.9. The Morgan fingerprint density at radius 3 is 2.48 bits per heavy atom. The minimum Gasteiger partial charge on any atom is -0.310 e. The third kappa shape index (κ3) is 5.73. The average Bonchev–Trinajstić information content (AvgIpc) is 2.87. The van der Waals surface area contributed by atoms with Crippen LogP contribution in [0.25, 0.3) is 0 Å². The van der Waals surface area contributed by atoms with Crippen LogP contribution in [0.1, 0.15) is 19.4 Å². The van der Waals surface area contributed by atoms with Gasteiger partial charge in [0.1, 0.15) is 11.6 Å². The molecule has 1 aromatic heterocycles. The van der Waals surface area contributed by atoms with Crippen molar-refractivity contribution in [1.29, 1.82) is 0 Å². The standard InChI is InChI=1S/C16H19Cl2N3O3S/c1-11(2)9-25(23,24)10-16(22)20-15-6-7-19-21(15)8-12-13(17)4-3-5-14(12)18/h3-7,11H,8-10H2,1-2H3,(H,20,22). The van der Waals surface area contributed by atoms with Crippen molar-refractivity contribution in [2.45, 2.75) is 20.4 Å². The fraction of sp³-hybridized carbons (Fsp3) is 0.375. The highest BCUT2D eigenvalue weighted by Gasteiger charge is 2.19. The number of anilines is 1. The first kappa shape index (κ1) is 19.8. The maximum atomic E-state index is 12.1. The Kier molecular flexibility index (Phi) is 6.48. The zero-order chi connectivity index (χ0) is 18.6. The molecule has 0 radical (unpaired) electrons. The molecule has 1 heterocycles. The van der Waals surface area contributed by atoms with E-state index in [1.165, 1.54) is 10.9 Å². The monoisotopic (exact) mass is 403 g/mol. The van der Waals surface area contributed by atoms with Crippen LogP contribution in [0.4, 0.5) is 5.82 Å². The molecule has 0 atom stereocenters. The predicted octanol–water partition coefficient (Wildman–Crippen LogP) is 3.25. The first-order chi connectivity index (χ1) is 11.7. The number of hydrogen-bond donors (Lipinski definition) is 1. The van der Waals surface area contributed by atoms with E-state index in [0.717, 1.165) is 0 Å². The normalized spacial score (nSPS) is 11.7. The van der Waals surface area contributed by atoms with Crippen molar-refractivity contribution in [1.82, 2.24) is 9.78 Å². The molecule has 0 bridgehead atoms. The number of rotatable bonds is 7. The van der Waals surface area contributed by atoms with Crippen molar-refractivity contribution in [2.75, 3.05) is 16.8 Å². The lowest BCUT2D eigenvalue weighted by Crippen LogP contribution is -2.27. The number of amides is 1. The highest BCUT2D eigenvalue weighted by molar-refractivity contribution is 7.92. The quantitative estimate of drug-likeness (QED) is 0.768. The lowest BCUT2D eigenvalue weighted by Gasteiger charge is -2.12. The first-order valence-corrected chi connectivity index (χ1v) is 10.2. The van der Waals surface area contributed by atoms with E-state index in [1.54, 1.807) is 38.1 Å². The van der Waals surface area contributed by atoms with Crippen LogP contribution in [0.2, 0.25) is 10.0 Å². The highest BCUT2D eigenvalue weighted by atomic mass is 35.5. The molecule has 1 amide bonds. The van der Waals surface area contributed by atoms with Crippen LogP contribution in [0.15, 0.2) is 30.5 Å². The number of benzene rings is 1. The van der Waals surface area contributed by atoms with E-state index in [-0.39, 0.29) is 18.2 Å². The Balaban J connectivity index is 2.10. The van der Waals surface area contributed by atoms with Crippen molar-refractivity contribution in [3.63, 3.8) is 0 Å². The largest absolute Gasteiger partial charge is 0.310 e. The Morgan fingerprint density at radius 1 is 1.24 bits per heavy atom. The van der Waals surface area contributed by atoms with Crippen LogP contribution in [-0.4, -0.2) is 35.6 Å². The van der Waals surface area contributed by atoms with Gasteiger partial charge in [-0.3, -0.25) is 4.79 Å². The molecule has 2 aromatic rings. The van der Waals surface area contributed by atoms with Gasteiger partial charge in [0.15, 0.2) is 9.84 Å². The van der Waals surface area contributed by atoms with Gasteiger partial charge in [-0.1, -0.05) is 43.1 Å². The number of sulfone groups is 1. The lowest BCUT2D eigenvalue weighted by molar-refractivity contribution is -0.113. The van der Waals surface area contributed by atoms with Crippen LogP contribution in [-0.2, 0) is 21.2 Å². The molecule has 1 N–H and O–H groups in total. The second kappa shape index (κ2) is 8.21. The van der Waals surface area contributed by atoms with E-state index in [9.17, 15) is 13.2 Å². The summed E-state index contributed by atoms with van der Waals surface area (Å²) in [5, 5.41) is 7.67. The molecule has 0 spiro atoms. The smallest absolute Gasteiger partial charge is 0.240 e. The fourth-order valence-electron chi connectivity index (χ4n) is 2.34. The summed E-state index contributed by atoms with van der Waals surface area (Å²) in [6.45, 7) is 3.83. The van der Waals surface area contributed by atoms with Gasteiger partial charge in [0.25, 0.3) is 0 Å². The molecule has 0 aliphatic heterocycles. The van der Waals surface area contributed by atoms with Gasteiger partial charge in [-0.05, 0) is 18.1 Å². The summed E-state index contributed by atoms with van der Waals surface area (Å²) in [4.78, 5) is 12.1. The molecule has 0 unspecified atom stereocenters. The summed E-state index contributed by atoms with van der Waals surface area (Å²) in [6, 6.07) is 6.74. The summed E-state index contributed by atoms with van der Waals surface area (Å²) in [7, 11) is -3.45. The van der Waals surface area contributed by atoms with Crippen LogP contribution in [0.5, 0.6) is 0 Å². The molecular weight excluding hydrogens is 385 g/mol. The maximum absolute atomic E-state index is 12.1. The van der Waals surface area contributed by atoms with E-state index >= 15 is 0 Å². The van der Waals surface area contributed by atoms with Gasteiger partial charge in [0.2, 0.25) is 5.91 Å². The summed E-state index contributed by atoms with van der Waals surface area (Å²) in [5.74, 6) is -0.864. The van der Waals surface area contributed by atoms with Crippen LogP contribution < -0.4 is 5.32 Å². The van der Waals surface area contributed by atoms with Crippen molar-refractivity contribution in [2.24, 2.45) is 5.92 Å². The molecule has 6 nitrogen and oxygen atoms in total. The van der Waals surface area contributed by atoms with Gasteiger partial charge < -0.3 is 5.32 Å². The average molecular weight is 404 g/mol. The molecule has 0 saturated heterocycles. The van der Waals surface area contributed by atoms with E-state index in [4.69, 9.17) is 23.2 Å². The second-order valence-electron chi connectivity index (χ2n) is 6.07. The zero-order valence-corrected chi connectivity index (χ0v) is 16.2. The fourth-order valence-corrected chi connectivity index (χ4v) is 4.47. The number of nitrogens with one attached hydrogen (secondary N) is 1. The molecule has 0 saturated carbocycles. The van der Waals surface area contributed by atoms with Gasteiger partial charge in [-0.2, -0.15) is 5.10 Å². The van der Waals surface area contributed by atoms with E-state index in [0.29, 0.717) is 21.4 Å². The van der Waals surface area contributed by atoms with Crippen molar-refractivity contribution in [3.8, 4) is 0 Å². The third-order valence-electron chi connectivity index (χ3n) is 3.29. The molecule has 2 rings (SSSR count). The summed E-state index contributed by atoms with van der Waals surface area (Å²) >= 11 is 12.3. The van der Waals surface area contributed by atoms with Gasteiger partial charge in [-0.25, -0.2) is 13.1 Å². The Labute approximate surface area is 157 Å². The Hall–Kier alpha value is -1.57. The first-order valence-electron chi connectivity index (χ1n) is 7.63. The number of nitrogens with zero attached hydrogens (tertiary/aromatic N) is 2. The van der Waals surface area contributed by atoms with Crippen LogP contribution in [0.3, 0.4) is 0 Å². The molecular formula is C16H19Cl2N3O3S. The van der Waals surface area contributed by atoms with E-state index in [1.807, 2.05) is 0 Å². The second-order valence-corrected chi connectivity index (χ2v) is 8.99. The molecule has 0 aliphatic carbocycles. The number of carbonyl (C=O) groups is 1. The number of aromatic nitrogens is 2. The maximum Gasteiger partial charge on any atom is 0.240 e. The van der Waals surface area contributed by atoms with E-state index in [2.05, 4.69) is 10.4 Å². The minimum absolute atomic E-state index is 0.0328. The van der Waals surface area contributed by atoms with Crippen molar-refractivity contribution >= 4 is 44.8 Å². The van der Waals surface area contributed by atoms with Gasteiger partial charge in [0.05, 0.1) is 18.5 Å². The lowest BCUT2D eigenvalue weighted by atomic mass is 10.2. The SMILES string of the molecule is CC(C)CS(=O)(=O)CC(=O)Nc1ccnn1Cc1c(Cl)cccc1Cl. The van der Waals surface area contributed by atoms with Gasteiger partial charge >= 0.3 is 0 Å². The van der Waals surface area contributed by atoms with Crippen LogP contribution >= 0.6 is 23.2 Å². The minimum atomic E-state index is -3.45. The Morgan fingerprint density at radius 2 is 1.88 bits per heavy atom. The van der Waals surface area contributed by atoms with Crippen molar-refractivity contribution in [3.05, 3.63) is 46.1 Å². The van der Waals surface area contributed by atoms with Crippen molar-refractivity contribution < 1.29 is 13.2 Å². The molecule has 9 heteroatoms. The van der Waals surface area contributed by atoms with Gasteiger partial charge in [0, 0.05) is 21.7 Å². The molecule has 136 valence electrons. The molecule has 1 aromatic carbocycles. The highest BCUT2D eigenvalue weighted by Crippen LogP contribution is 2.26. The summed E-state index contributed by atoms with van der Waals surface area (Å²) in [5.41, 5.74) is 0.664. The number of halogens is 2. The number of hydrogen-bond acceptors (Lipinski definition) is 4. The third-order valence-corrected chi connectivity index (χ3v) is 5.88. The number of carbonyl (C=O) groups excluding carboxylic acids is 1. The van der Waals surface area contributed by atoms with E-state index < -0.39 is 21.5 Å². The molecule has 25 heavy (non-hydrogen) atoms. The summed E-state index contributed by atoms with van der Waals surface area (Å²) in [6.07, 6.45) is 1.50.